The highest BCUT2D eigenvalue weighted by atomic mass is 32.2. The molecule has 20 heavy (non-hydrogen) atoms. The van der Waals surface area contributed by atoms with Crippen LogP contribution in [0.3, 0.4) is 0 Å². The molecular formula is C13H14N2O3S2. The first-order chi connectivity index (χ1) is 9.27. The monoisotopic (exact) mass is 310 g/mol. The van der Waals surface area contributed by atoms with Gasteiger partial charge in [0, 0.05) is 13.2 Å². The SMILES string of the molecule is CC(=O)Nc1nc(C)c(-c2cccc(S(C)(=O)=O)c2)s1. The van der Waals surface area contributed by atoms with Crippen molar-refractivity contribution in [3.63, 3.8) is 0 Å². The van der Waals surface area contributed by atoms with E-state index in [1.54, 1.807) is 18.2 Å². The standard InChI is InChI=1S/C13H14N2O3S2/c1-8-12(19-13(14-8)15-9(2)16)10-5-4-6-11(7-10)20(3,17)18/h4-7H,1-3H3,(H,14,15,16). The Morgan fingerprint density at radius 1 is 1.35 bits per heavy atom. The van der Waals surface area contributed by atoms with Gasteiger partial charge in [-0.25, -0.2) is 13.4 Å². The van der Waals surface area contributed by atoms with Gasteiger partial charge in [0.05, 0.1) is 15.5 Å². The predicted octanol–water partition coefficient (Wildman–Crippen LogP) is 2.48. The average molecular weight is 310 g/mol. The first kappa shape index (κ1) is 14.7. The van der Waals surface area contributed by atoms with Crippen LogP contribution in [-0.4, -0.2) is 25.6 Å². The third kappa shape index (κ3) is 3.23. The van der Waals surface area contributed by atoms with Crippen LogP contribution in [0.25, 0.3) is 10.4 Å². The van der Waals surface area contributed by atoms with Crippen LogP contribution in [0.4, 0.5) is 5.13 Å². The maximum absolute atomic E-state index is 11.6. The Labute approximate surface area is 121 Å². The maximum Gasteiger partial charge on any atom is 0.223 e. The number of thiazole rings is 1. The number of carbonyl (C=O) groups is 1. The quantitative estimate of drug-likeness (QED) is 0.945. The number of nitrogens with one attached hydrogen (secondary N) is 1. The minimum Gasteiger partial charge on any atom is -0.302 e. The number of hydrogen-bond donors (Lipinski definition) is 1. The molecule has 0 fully saturated rings. The van der Waals surface area contributed by atoms with Crippen molar-refractivity contribution in [1.29, 1.82) is 0 Å². The van der Waals surface area contributed by atoms with Gasteiger partial charge >= 0.3 is 0 Å². The molecule has 2 aromatic rings. The van der Waals surface area contributed by atoms with Crippen molar-refractivity contribution in [3.8, 4) is 10.4 Å². The lowest BCUT2D eigenvalue weighted by Gasteiger charge is -2.02. The van der Waals surface area contributed by atoms with E-state index in [2.05, 4.69) is 10.3 Å². The fourth-order valence-corrected chi connectivity index (χ4v) is 3.41. The molecule has 0 aliphatic heterocycles. The fourth-order valence-electron chi connectivity index (χ4n) is 1.74. The molecule has 0 saturated carbocycles. The van der Waals surface area contributed by atoms with E-state index in [-0.39, 0.29) is 10.8 Å². The number of benzene rings is 1. The van der Waals surface area contributed by atoms with Gasteiger partial charge in [0.15, 0.2) is 15.0 Å². The van der Waals surface area contributed by atoms with Crippen molar-refractivity contribution in [2.45, 2.75) is 18.7 Å². The smallest absolute Gasteiger partial charge is 0.223 e. The van der Waals surface area contributed by atoms with E-state index < -0.39 is 9.84 Å². The molecule has 106 valence electrons. The van der Waals surface area contributed by atoms with Crippen LogP contribution in [-0.2, 0) is 14.6 Å². The number of anilines is 1. The summed E-state index contributed by atoms with van der Waals surface area (Å²) < 4.78 is 23.2. The second kappa shape index (κ2) is 5.34. The lowest BCUT2D eigenvalue weighted by molar-refractivity contribution is -0.114. The number of carbonyl (C=O) groups excluding carboxylic acids is 1. The molecular weight excluding hydrogens is 296 g/mol. The Balaban J connectivity index is 2.47. The van der Waals surface area contributed by atoms with Gasteiger partial charge in [-0.2, -0.15) is 0 Å². The Bertz CT molecular complexity index is 764. The van der Waals surface area contributed by atoms with Gasteiger partial charge in [0.2, 0.25) is 5.91 Å². The van der Waals surface area contributed by atoms with Gasteiger partial charge in [-0.15, -0.1) is 0 Å². The molecule has 1 N–H and O–H groups in total. The molecule has 1 heterocycles. The van der Waals surface area contributed by atoms with E-state index >= 15 is 0 Å². The highest BCUT2D eigenvalue weighted by Gasteiger charge is 2.13. The minimum absolute atomic E-state index is 0.185. The van der Waals surface area contributed by atoms with Crippen LogP contribution in [0.15, 0.2) is 29.2 Å². The van der Waals surface area contributed by atoms with Gasteiger partial charge in [-0.1, -0.05) is 23.5 Å². The van der Waals surface area contributed by atoms with Gasteiger partial charge in [0.1, 0.15) is 0 Å². The van der Waals surface area contributed by atoms with E-state index in [0.717, 1.165) is 16.1 Å². The zero-order chi connectivity index (χ0) is 14.9. The van der Waals surface area contributed by atoms with Crippen LogP contribution in [0, 0.1) is 6.92 Å². The lowest BCUT2D eigenvalue weighted by atomic mass is 10.2. The van der Waals surface area contributed by atoms with Crippen molar-refractivity contribution < 1.29 is 13.2 Å². The number of hydrogen-bond acceptors (Lipinski definition) is 5. The van der Waals surface area contributed by atoms with Gasteiger partial charge < -0.3 is 5.32 Å². The van der Waals surface area contributed by atoms with Crippen molar-refractivity contribution in [1.82, 2.24) is 4.98 Å². The van der Waals surface area contributed by atoms with Crippen molar-refractivity contribution in [2.24, 2.45) is 0 Å². The van der Waals surface area contributed by atoms with Crippen LogP contribution < -0.4 is 5.32 Å². The zero-order valence-corrected chi connectivity index (χ0v) is 12.9. The van der Waals surface area contributed by atoms with Crippen LogP contribution in [0.1, 0.15) is 12.6 Å². The molecule has 1 aromatic heterocycles. The molecule has 0 aliphatic rings. The third-order valence-electron chi connectivity index (χ3n) is 2.60. The first-order valence-corrected chi connectivity index (χ1v) is 8.53. The summed E-state index contributed by atoms with van der Waals surface area (Å²) in [7, 11) is -3.24. The highest BCUT2D eigenvalue weighted by Crippen LogP contribution is 2.33. The molecule has 0 aliphatic carbocycles. The fraction of sp³-hybridized carbons (Fsp3) is 0.231. The summed E-state index contributed by atoms with van der Waals surface area (Å²) in [5.41, 5.74) is 1.53. The van der Waals surface area contributed by atoms with Gasteiger partial charge in [-0.3, -0.25) is 4.79 Å². The second-order valence-electron chi connectivity index (χ2n) is 4.41. The summed E-state index contributed by atoms with van der Waals surface area (Å²) in [6.45, 7) is 3.24. The molecule has 1 aromatic carbocycles. The molecule has 0 saturated heterocycles. The zero-order valence-electron chi connectivity index (χ0n) is 11.3. The number of nitrogens with zero attached hydrogens (tertiary/aromatic N) is 1. The first-order valence-electron chi connectivity index (χ1n) is 5.83. The van der Waals surface area contributed by atoms with Crippen LogP contribution >= 0.6 is 11.3 Å². The Morgan fingerprint density at radius 3 is 2.65 bits per heavy atom. The number of amides is 1. The summed E-state index contributed by atoms with van der Waals surface area (Å²) in [6, 6.07) is 6.70. The summed E-state index contributed by atoms with van der Waals surface area (Å²) in [5.74, 6) is -0.185. The molecule has 0 bridgehead atoms. The van der Waals surface area contributed by atoms with E-state index in [1.807, 2.05) is 13.0 Å². The molecule has 0 unspecified atom stereocenters. The minimum atomic E-state index is -3.24. The van der Waals surface area contributed by atoms with E-state index in [4.69, 9.17) is 0 Å². The normalized spacial score (nSPS) is 11.3. The predicted molar refractivity (Wildman–Crippen MR) is 79.7 cm³/mol. The van der Waals surface area contributed by atoms with Crippen LogP contribution in [0.5, 0.6) is 0 Å². The Hall–Kier alpha value is -1.73. The number of rotatable bonds is 3. The second-order valence-corrected chi connectivity index (χ2v) is 7.43. The van der Waals surface area contributed by atoms with Crippen molar-refractivity contribution >= 4 is 32.2 Å². The molecule has 5 nitrogen and oxygen atoms in total. The molecule has 0 spiro atoms. The lowest BCUT2D eigenvalue weighted by Crippen LogP contribution is -2.04. The summed E-state index contributed by atoms with van der Waals surface area (Å²) >= 11 is 1.32. The largest absolute Gasteiger partial charge is 0.302 e. The van der Waals surface area contributed by atoms with Crippen molar-refractivity contribution in [2.75, 3.05) is 11.6 Å². The number of sulfone groups is 1. The summed E-state index contributed by atoms with van der Waals surface area (Å²) in [4.78, 5) is 16.4. The summed E-state index contributed by atoms with van der Waals surface area (Å²) in [6.07, 6.45) is 1.17. The van der Waals surface area contributed by atoms with Gasteiger partial charge in [0.25, 0.3) is 0 Å². The molecule has 1 amide bonds. The Morgan fingerprint density at radius 2 is 2.05 bits per heavy atom. The highest BCUT2D eigenvalue weighted by molar-refractivity contribution is 7.90. The molecule has 7 heteroatoms. The van der Waals surface area contributed by atoms with Crippen molar-refractivity contribution in [3.05, 3.63) is 30.0 Å². The number of aryl methyl sites for hydroxylation is 1. The van der Waals surface area contributed by atoms with Gasteiger partial charge in [-0.05, 0) is 24.6 Å². The molecule has 0 atom stereocenters. The van der Waals surface area contributed by atoms with E-state index in [1.165, 1.54) is 24.5 Å². The average Bonchev–Trinajstić information content (AvgIpc) is 2.68. The third-order valence-corrected chi connectivity index (χ3v) is 4.84. The van der Waals surface area contributed by atoms with E-state index in [9.17, 15) is 13.2 Å². The molecule has 0 radical (unpaired) electrons. The van der Waals surface area contributed by atoms with E-state index in [0.29, 0.717) is 5.13 Å². The number of aromatic nitrogens is 1. The topological polar surface area (TPSA) is 76.1 Å². The maximum atomic E-state index is 11.6. The van der Waals surface area contributed by atoms with Crippen LogP contribution in [0.2, 0.25) is 0 Å². The molecule has 2 rings (SSSR count). The Kier molecular flexibility index (Phi) is 3.92. The summed E-state index contributed by atoms with van der Waals surface area (Å²) in [5, 5.41) is 3.14.